The van der Waals surface area contributed by atoms with Crippen LogP contribution in [0.2, 0.25) is 0 Å². The molecule has 4 aromatic heterocycles. The van der Waals surface area contributed by atoms with Crippen molar-refractivity contribution in [3.05, 3.63) is 40.0 Å². The van der Waals surface area contributed by atoms with Crippen LogP contribution in [0.1, 0.15) is 44.3 Å². The number of esters is 2. The molecule has 4 heterocycles. The highest BCUT2D eigenvalue weighted by Gasteiger charge is 2.21. The summed E-state index contributed by atoms with van der Waals surface area (Å²) in [7, 11) is 0. The molecule has 0 aromatic carbocycles. The molecule has 30 heavy (non-hydrogen) atoms. The zero-order valence-corrected chi connectivity index (χ0v) is 17.2. The minimum absolute atomic E-state index is 0.123. The van der Waals surface area contributed by atoms with Crippen LogP contribution in [-0.4, -0.2) is 48.1 Å². The van der Waals surface area contributed by atoms with Crippen molar-refractivity contribution >= 4 is 45.1 Å². The first-order valence-corrected chi connectivity index (χ1v) is 9.78. The minimum Gasteiger partial charge on any atom is -0.462 e. The summed E-state index contributed by atoms with van der Waals surface area (Å²) in [6.45, 7) is 5.34. The van der Waals surface area contributed by atoms with Crippen LogP contribution in [0.25, 0.3) is 16.0 Å². The van der Waals surface area contributed by atoms with Crippen LogP contribution in [-0.2, 0) is 16.1 Å². The van der Waals surface area contributed by atoms with Gasteiger partial charge in [0, 0.05) is 11.9 Å². The number of nitrogens with two attached hydrogens (primary N) is 1. The smallest absolute Gasteiger partial charge is 0.378 e. The minimum atomic E-state index is -0.739. The summed E-state index contributed by atoms with van der Waals surface area (Å²) in [4.78, 5) is 42.0. The summed E-state index contributed by atoms with van der Waals surface area (Å²) < 4.78 is 11.7. The summed E-state index contributed by atoms with van der Waals surface area (Å²) in [5, 5.41) is 4.68. The molecule has 0 amide bonds. The normalized spacial score (nSPS) is 11.2. The number of carbonyl (C=O) groups is 2. The van der Waals surface area contributed by atoms with E-state index in [1.807, 2.05) is 6.92 Å². The van der Waals surface area contributed by atoms with Crippen LogP contribution in [0.5, 0.6) is 0 Å². The van der Waals surface area contributed by atoms with E-state index in [2.05, 4.69) is 25.0 Å². The van der Waals surface area contributed by atoms with Crippen LogP contribution in [0.3, 0.4) is 0 Å². The summed E-state index contributed by atoms with van der Waals surface area (Å²) in [5.41, 5.74) is 7.49. The number of rotatable bonds is 5. The molecule has 2 N–H and O–H groups in total. The predicted octanol–water partition coefficient (Wildman–Crippen LogP) is 1.86. The van der Waals surface area contributed by atoms with Gasteiger partial charge >= 0.3 is 11.9 Å². The van der Waals surface area contributed by atoms with Crippen LogP contribution in [0, 0.1) is 13.8 Å². The Morgan fingerprint density at radius 2 is 1.97 bits per heavy atom. The van der Waals surface area contributed by atoms with Crippen molar-refractivity contribution in [1.29, 1.82) is 0 Å². The number of carbonyl (C=O) groups excluding carboxylic acids is 2. The molecule has 0 aliphatic rings. The van der Waals surface area contributed by atoms with Gasteiger partial charge in [0.2, 0.25) is 0 Å². The Balaban J connectivity index is 1.56. The highest BCUT2D eigenvalue weighted by atomic mass is 32.1. The molecular formula is C18H17N7O4S. The van der Waals surface area contributed by atoms with E-state index < -0.39 is 11.9 Å². The zero-order chi connectivity index (χ0) is 21.4. The molecule has 0 unspecified atom stereocenters. The summed E-state index contributed by atoms with van der Waals surface area (Å²) >= 11 is 1.15. The fourth-order valence-corrected chi connectivity index (χ4v) is 3.96. The molecule has 0 spiro atoms. The van der Waals surface area contributed by atoms with Crippen molar-refractivity contribution < 1.29 is 19.1 Å². The second-order valence-electron chi connectivity index (χ2n) is 6.29. The van der Waals surface area contributed by atoms with Crippen molar-refractivity contribution in [2.75, 3.05) is 12.3 Å². The number of hydrogen-bond donors (Lipinski definition) is 1. The van der Waals surface area contributed by atoms with Gasteiger partial charge in [-0.2, -0.15) is 4.98 Å². The molecule has 0 aliphatic carbocycles. The fourth-order valence-electron chi connectivity index (χ4n) is 2.86. The Kier molecular flexibility index (Phi) is 4.99. The molecule has 0 aliphatic heterocycles. The molecule has 0 atom stereocenters. The highest BCUT2D eigenvalue weighted by molar-refractivity contribution is 7.20. The van der Waals surface area contributed by atoms with Crippen LogP contribution >= 0.6 is 11.3 Å². The molecule has 154 valence electrons. The maximum absolute atomic E-state index is 12.3. The SMILES string of the molecule is CCOC(=O)c1sc2nc(COC(=O)c3nc4nccc(C)n4n3)nc(N)c2c1C. The van der Waals surface area contributed by atoms with E-state index in [1.54, 1.807) is 26.1 Å². The largest absolute Gasteiger partial charge is 0.462 e. The number of thiophene rings is 1. The van der Waals surface area contributed by atoms with Crippen molar-refractivity contribution in [3.8, 4) is 0 Å². The van der Waals surface area contributed by atoms with Gasteiger partial charge in [0.05, 0.1) is 12.0 Å². The van der Waals surface area contributed by atoms with Gasteiger partial charge in [-0.15, -0.1) is 16.4 Å². The van der Waals surface area contributed by atoms with E-state index in [1.165, 1.54) is 4.52 Å². The second kappa shape index (κ2) is 7.63. The molecule has 12 heteroatoms. The van der Waals surface area contributed by atoms with Gasteiger partial charge < -0.3 is 15.2 Å². The molecule has 0 saturated carbocycles. The lowest BCUT2D eigenvalue weighted by Gasteiger charge is -2.04. The average molecular weight is 427 g/mol. The molecule has 4 rings (SSSR count). The Hall–Kier alpha value is -3.67. The Bertz CT molecular complexity index is 1300. The number of anilines is 1. The average Bonchev–Trinajstić information content (AvgIpc) is 3.29. The third-order valence-electron chi connectivity index (χ3n) is 4.27. The summed E-state index contributed by atoms with van der Waals surface area (Å²) in [5.74, 6) is -0.611. The summed E-state index contributed by atoms with van der Waals surface area (Å²) in [6, 6.07) is 1.75. The van der Waals surface area contributed by atoms with Crippen LogP contribution in [0.4, 0.5) is 5.82 Å². The van der Waals surface area contributed by atoms with Crippen molar-refractivity contribution in [3.63, 3.8) is 0 Å². The predicted molar refractivity (Wildman–Crippen MR) is 107 cm³/mol. The lowest BCUT2D eigenvalue weighted by Crippen LogP contribution is -2.10. The van der Waals surface area contributed by atoms with E-state index in [4.69, 9.17) is 15.2 Å². The van der Waals surface area contributed by atoms with Gasteiger partial charge in [0.1, 0.15) is 15.5 Å². The Morgan fingerprint density at radius 1 is 1.17 bits per heavy atom. The quantitative estimate of drug-likeness (QED) is 0.468. The van der Waals surface area contributed by atoms with E-state index in [-0.39, 0.29) is 30.7 Å². The van der Waals surface area contributed by atoms with Gasteiger partial charge in [-0.25, -0.2) is 29.1 Å². The Morgan fingerprint density at radius 3 is 2.70 bits per heavy atom. The number of aryl methyl sites for hydroxylation is 2. The lowest BCUT2D eigenvalue weighted by molar-refractivity contribution is 0.0447. The second-order valence-corrected chi connectivity index (χ2v) is 7.29. The molecular weight excluding hydrogens is 410 g/mol. The standard InChI is InChI=1S/C18H17N7O4S/c1-4-28-16(26)12-9(3)11-13(19)21-10(22-15(11)30-12)7-29-17(27)14-23-18-20-6-5-8(2)25(18)24-14/h5-6H,4,7H2,1-3H3,(H2,19,21,22). The van der Waals surface area contributed by atoms with E-state index in [9.17, 15) is 9.59 Å². The molecule has 0 bridgehead atoms. The van der Waals surface area contributed by atoms with Gasteiger partial charge in [0.25, 0.3) is 11.6 Å². The van der Waals surface area contributed by atoms with Gasteiger partial charge in [0.15, 0.2) is 12.4 Å². The number of fused-ring (bicyclic) bond motifs is 2. The fraction of sp³-hybridized carbons (Fsp3) is 0.278. The van der Waals surface area contributed by atoms with E-state index in [0.29, 0.717) is 26.4 Å². The molecule has 4 aromatic rings. The maximum atomic E-state index is 12.3. The summed E-state index contributed by atoms with van der Waals surface area (Å²) in [6.07, 6.45) is 1.58. The monoisotopic (exact) mass is 427 g/mol. The topological polar surface area (TPSA) is 147 Å². The number of hydrogen-bond acceptors (Lipinski definition) is 11. The molecule has 0 fully saturated rings. The van der Waals surface area contributed by atoms with Crippen LogP contribution in [0.15, 0.2) is 12.3 Å². The van der Waals surface area contributed by atoms with Gasteiger partial charge in [-0.3, -0.25) is 0 Å². The van der Waals surface area contributed by atoms with Gasteiger partial charge in [-0.05, 0) is 32.4 Å². The third-order valence-corrected chi connectivity index (χ3v) is 5.44. The van der Waals surface area contributed by atoms with E-state index >= 15 is 0 Å². The number of nitrogen functional groups attached to an aromatic ring is 1. The Labute approximate surface area is 173 Å². The number of ether oxygens (including phenoxy) is 2. The first-order chi connectivity index (χ1) is 14.4. The van der Waals surface area contributed by atoms with Crippen molar-refractivity contribution in [2.45, 2.75) is 27.4 Å². The van der Waals surface area contributed by atoms with Crippen molar-refractivity contribution in [2.24, 2.45) is 0 Å². The van der Waals surface area contributed by atoms with Crippen molar-refractivity contribution in [1.82, 2.24) is 29.5 Å². The van der Waals surface area contributed by atoms with Gasteiger partial charge in [-0.1, -0.05) is 0 Å². The first-order valence-electron chi connectivity index (χ1n) is 8.97. The number of nitrogens with zero attached hydrogens (tertiary/aromatic N) is 6. The molecule has 0 radical (unpaired) electrons. The zero-order valence-electron chi connectivity index (χ0n) is 16.4. The number of aromatic nitrogens is 6. The molecule has 0 saturated heterocycles. The lowest BCUT2D eigenvalue weighted by atomic mass is 10.2. The maximum Gasteiger partial charge on any atom is 0.378 e. The van der Waals surface area contributed by atoms with Crippen LogP contribution < -0.4 is 5.73 Å². The highest BCUT2D eigenvalue weighted by Crippen LogP contribution is 2.33. The van der Waals surface area contributed by atoms with E-state index in [0.717, 1.165) is 17.0 Å². The third kappa shape index (κ3) is 3.41. The first kappa shape index (κ1) is 19.6. The molecule has 11 nitrogen and oxygen atoms in total.